The number of rotatable bonds is 42. The van der Waals surface area contributed by atoms with Crippen LogP contribution in [0, 0.1) is 23.0 Å². The van der Waals surface area contributed by atoms with E-state index in [9.17, 15) is 71.0 Å². The summed E-state index contributed by atoms with van der Waals surface area (Å²) in [5.41, 5.74) is 8.00. The van der Waals surface area contributed by atoms with E-state index in [4.69, 9.17) is 19.9 Å². The fraction of sp³-hybridized carbons (Fsp3) is 0.429. The number of benzene rings is 5. The Morgan fingerprint density at radius 3 is 1.97 bits per heavy atom. The molecule has 7 rings (SSSR count). The number of aliphatic carboxylic acids is 1. The summed E-state index contributed by atoms with van der Waals surface area (Å²) in [6.45, 7) is 11.9. The quantitative estimate of drug-likeness (QED) is 0.0167. The van der Waals surface area contributed by atoms with Crippen molar-refractivity contribution in [2.24, 2.45) is 17.1 Å². The first kappa shape index (κ1) is 87.2. The smallest absolute Gasteiger partial charge is 0.319 e. The third-order valence-corrected chi connectivity index (χ3v) is 18.9. The van der Waals surface area contributed by atoms with Crippen LogP contribution in [-0.4, -0.2) is 190 Å². The van der Waals surface area contributed by atoms with Crippen molar-refractivity contribution in [3.8, 4) is 11.1 Å². The Labute approximate surface area is 643 Å². The van der Waals surface area contributed by atoms with Crippen LogP contribution in [0.25, 0.3) is 11.1 Å². The van der Waals surface area contributed by atoms with Gasteiger partial charge in [-0.1, -0.05) is 90.1 Å². The number of carbonyl (C=O) groups is 10. The van der Waals surface area contributed by atoms with E-state index >= 15 is 4.39 Å². The first-order valence-electron chi connectivity index (χ1n) is 36.4. The Morgan fingerprint density at radius 1 is 0.685 bits per heavy atom. The lowest BCUT2D eigenvalue weighted by molar-refractivity contribution is -0.143. The van der Waals surface area contributed by atoms with Crippen LogP contribution in [0.2, 0.25) is 0 Å². The van der Waals surface area contributed by atoms with Crippen molar-refractivity contribution in [2.75, 3.05) is 99.6 Å². The number of anilines is 4. The van der Waals surface area contributed by atoms with Gasteiger partial charge in [0.2, 0.25) is 35.4 Å². The van der Waals surface area contributed by atoms with Crippen molar-refractivity contribution in [1.29, 1.82) is 0 Å². The zero-order chi connectivity index (χ0) is 80.8. The molecule has 1 aliphatic heterocycles. The first-order valence-corrected chi connectivity index (χ1v) is 37.9. The third-order valence-electron chi connectivity index (χ3n) is 17.5. The van der Waals surface area contributed by atoms with Gasteiger partial charge >= 0.3 is 24.1 Å². The molecule has 1 fully saturated rings. The monoisotopic (exact) mass is 1560 g/mol. The van der Waals surface area contributed by atoms with Gasteiger partial charge in [-0.3, -0.25) is 38.3 Å². The predicted molar refractivity (Wildman–Crippen MR) is 410 cm³/mol. The second-order valence-corrected chi connectivity index (χ2v) is 29.4. The highest BCUT2D eigenvalue weighted by Crippen LogP contribution is 2.41. The lowest BCUT2D eigenvalue weighted by Crippen LogP contribution is -2.57. The third kappa shape index (κ3) is 27.8. The fourth-order valence-electron chi connectivity index (χ4n) is 12.3. The zero-order valence-electron chi connectivity index (χ0n) is 62.9. The van der Waals surface area contributed by atoms with Crippen molar-refractivity contribution >= 4 is 92.3 Å². The van der Waals surface area contributed by atoms with Gasteiger partial charge < -0.3 is 92.4 Å². The molecule has 0 radical (unpaired) electrons. The number of halogens is 2. The summed E-state index contributed by atoms with van der Waals surface area (Å²) in [4.78, 5) is 134. The molecule has 0 aliphatic carbocycles. The van der Waals surface area contributed by atoms with E-state index in [0.717, 1.165) is 23.8 Å². The Kier molecular flexibility index (Phi) is 33.6. The molecule has 0 spiro atoms. The summed E-state index contributed by atoms with van der Waals surface area (Å²) in [5, 5.41) is 44.0. The number of nitrogens with two attached hydrogens (primary N) is 1. The highest BCUT2D eigenvalue weighted by atomic mass is 32.2. The molecular formula is C77H100F2N14O17S. The van der Waals surface area contributed by atoms with E-state index in [1.54, 1.807) is 26.1 Å². The molecule has 5 aromatic carbocycles. The number of hydrogen-bond acceptors (Lipinski definition) is 16. The molecule has 0 bridgehead atoms. The van der Waals surface area contributed by atoms with Crippen molar-refractivity contribution in [3.63, 3.8) is 0 Å². The van der Waals surface area contributed by atoms with Crippen LogP contribution in [0.15, 0.2) is 138 Å². The molecule has 12 amide bonds. The van der Waals surface area contributed by atoms with Crippen LogP contribution in [-0.2, 0) is 64.3 Å². The number of aliphatic hydroxyl groups excluding tert-OH is 1. The molecule has 600 valence electrons. The van der Waals surface area contributed by atoms with Gasteiger partial charge in [0.1, 0.15) is 36.4 Å². The van der Waals surface area contributed by atoms with E-state index in [1.807, 2.05) is 62.6 Å². The topological polar surface area (TPSA) is 431 Å². The van der Waals surface area contributed by atoms with Crippen LogP contribution in [0.4, 0.5) is 45.9 Å². The summed E-state index contributed by atoms with van der Waals surface area (Å²) in [6, 6.07) is 24.7. The maximum absolute atomic E-state index is 15.3. The molecule has 5 atom stereocenters. The van der Waals surface area contributed by atoms with Crippen LogP contribution < -0.4 is 58.3 Å². The zero-order valence-corrected chi connectivity index (χ0v) is 63.7. The first-order chi connectivity index (χ1) is 52.9. The molecule has 2 heterocycles. The van der Waals surface area contributed by atoms with Crippen molar-refractivity contribution in [3.05, 3.63) is 162 Å². The SMILES string of the molecule is CCCNC(=O)Nc1cccc(S(=O)(=O)Nc2cccc([C@@H](CC(=O)O)NC(=O)Nc3ccc(NC(=O)NCCOCCOCCOCCC(=O)N[C@@H](CC(N)=O)C(=O)N4CCC[C@H]4C(=O)N[C@H](C(=O)NCCCN(C(=O)CO)[C@@H](c4cc(-c5cc(F)ccc5F)cn4Cc4ccccc4)C(C)(C)C)C(C)C)cc3)c2)c1. The minimum Gasteiger partial charge on any atom is -0.481 e. The number of nitrogens with one attached hydrogen (secondary N) is 10. The molecule has 0 saturated carbocycles. The number of amides is 12. The number of carboxylic acid groups (broad SMARTS) is 1. The Bertz CT molecular complexity index is 4280. The van der Waals surface area contributed by atoms with Crippen LogP contribution in [0.3, 0.4) is 0 Å². The second-order valence-electron chi connectivity index (χ2n) is 27.7. The number of hydrogen-bond donors (Lipinski definition) is 13. The van der Waals surface area contributed by atoms with Crippen molar-refractivity contribution in [1.82, 2.24) is 46.3 Å². The number of aliphatic hydroxyl groups is 1. The fourth-order valence-corrected chi connectivity index (χ4v) is 13.4. The summed E-state index contributed by atoms with van der Waals surface area (Å²) in [5.74, 6) is -6.98. The summed E-state index contributed by atoms with van der Waals surface area (Å²) >= 11 is 0. The Balaban J connectivity index is 0.778. The molecule has 31 nitrogen and oxygen atoms in total. The van der Waals surface area contributed by atoms with E-state index < -0.39 is 142 Å². The van der Waals surface area contributed by atoms with Crippen LogP contribution >= 0.6 is 0 Å². The number of aromatic nitrogens is 1. The number of sulfonamides is 1. The van der Waals surface area contributed by atoms with Crippen LogP contribution in [0.1, 0.15) is 115 Å². The predicted octanol–water partition coefficient (Wildman–Crippen LogP) is 7.32. The van der Waals surface area contributed by atoms with Gasteiger partial charge in [0.05, 0.1) is 69.5 Å². The van der Waals surface area contributed by atoms with Crippen molar-refractivity contribution in [2.45, 2.75) is 128 Å². The number of primary amides is 1. The van der Waals surface area contributed by atoms with Gasteiger partial charge in [0.15, 0.2) is 0 Å². The van der Waals surface area contributed by atoms with E-state index in [-0.39, 0.29) is 112 Å². The number of urea groups is 3. The highest BCUT2D eigenvalue weighted by Gasteiger charge is 2.41. The number of carbonyl (C=O) groups excluding carboxylic acids is 9. The largest absolute Gasteiger partial charge is 0.481 e. The van der Waals surface area contributed by atoms with Gasteiger partial charge in [0.25, 0.3) is 10.0 Å². The molecule has 34 heteroatoms. The Hall–Kier alpha value is -11.1. The lowest BCUT2D eigenvalue weighted by atomic mass is 9.83. The normalized spacial score (nSPS) is 13.9. The Morgan fingerprint density at radius 2 is 1.32 bits per heavy atom. The van der Waals surface area contributed by atoms with Gasteiger partial charge in [-0.15, -0.1) is 0 Å². The summed E-state index contributed by atoms with van der Waals surface area (Å²) < 4.78 is 77.5. The number of ether oxygens (including phenoxy) is 3. The van der Waals surface area contributed by atoms with E-state index in [1.165, 1.54) is 82.6 Å². The summed E-state index contributed by atoms with van der Waals surface area (Å²) in [6.07, 6.45) is 1.89. The molecule has 111 heavy (non-hydrogen) atoms. The molecular weight excluding hydrogens is 1460 g/mol. The maximum atomic E-state index is 15.3. The van der Waals surface area contributed by atoms with E-state index in [2.05, 4.69) is 52.6 Å². The maximum Gasteiger partial charge on any atom is 0.319 e. The average molecular weight is 1560 g/mol. The number of likely N-dealkylation sites (tertiary alicyclic amines) is 1. The van der Waals surface area contributed by atoms with Gasteiger partial charge in [-0.05, 0) is 127 Å². The summed E-state index contributed by atoms with van der Waals surface area (Å²) in [7, 11) is -4.19. The molecule has 1 aromatic heterocycles. The van der Waals surface area contributed by atoms with Crippen LogP contribution in [0.5, 0.6) is 0 Å². The van der Waals surface area contributed by atoms with Gasteiger partial charge in [-0.25, -0.2) is 31.6 Å². The highest BCUT2D eigenvalue weighted by molar-refractivity contribution is 7.92. The molecule has 6 aromatic rings. The minimum atomic E-state index is -4.19. The number of carboxylic acids is 1. The van der Waals surface area contributed by atoms with Gasteiger partial charge in [0, 0.05) is 91.5 Å². The average Bonchev–Trinajstić information content (AvgIpc) is 1.64. The molecule has 0 unspecified atom stereocenters. The van der Waals surface area contributed by atoms with E-state index in [0.29, 0.717) is 48.6 Å². The molecule has 14 N–H and O–H groups in total. The second kappa shape index (κ2) is 42.8. The molecule has 1 saturated heterocycles. The van der Waals surface area contributed by atoms with Crippen molar-refractivity contribution < 1.29 is 89.6 Å². The van der Waals surface area contributed by atoms with Gasteiger partial charge in [-0.2, -0.15) is 0 Å². The number of nitrogens with zero attached hydrogens (tertiary/aromatic N) is 3. The minimum absolute atomic E-state index is 0.0302. The standard InChI is InChI=1S/C77H100F2N14O17S/c1-7-29-82-74(103)86-56-18-12-20-58(43-56)111(106,107)90-57-19-11-17-51(40-57)61(45-68(98)99)88-76(105)85-55-25-23-54(24-26-55)84-75(104)83-31-35-109-37-39-110-38-36-108-34-28-66(96)87-62(44-65(80)95)73(102)92-32-13-21-63(92)71(100)89-69(49(2)3)72(101)81-30-14-33-93(67(97)48-94)70(77(4,5)6)64-41-52(59-42-53(78)22-27-60(59)79)47-91(64)46-50-15-9-8-10-16-50/h8-12,15-20,22-27,40-43,47,49,61-63,69-70,90,94H,7,13-14,21,28-39,44-46,48H2,1-6H3,(H2,80,95)(H,81,101)(H,87,96)(H,89,100)(H,98,99)(H2,82,86,103)(H2,83,84,104)(H2,85,88,105)/t61-,62+,63+,69+,70+/m1/s1. The lowest BCUT2D eigenvalue weighted by Gasteiger charge is -2.41. The molecule has 1 aliphatic rings.